The van der Waals surface area contributed by atoms with Crippen LogP contribution in [0.5, 0.6) is 5.75 Å². The molecule has 2 rings (SSSR count). The van der Waals surface area contributed by atoms with Gasteiger partial charge in [-0.05, 0) is 30.5 Å². The highest BCUT2D eigenvalue weighted by Crippen LogP contribution is 2.22. The number of carbonyl (C=O) groups excluding carboxylic acids is 1. The number of methoxy groups -OCH3 is 1. The third-order valence-electron chi connectivity index (χ3n) is 3.40. The van der Waals surface area contributed by atoms with Gasteiger partial charge < -0.3 is 20.5 Å². The highest BCUT2D eigenvalue weighted by molar-refractivity contribution is 5.81. The van der Waals surface area contributed by atoms with Crippen LogP contribution >= 0.6 is 0 Å². The molecule has 5 nitrogen and oxygen atoms in total. The Morgan fingerprint density at radius 1 is 1.58 bits per heavy atom. The number of amides is 1. The predicted molar refractivity (Wildman–Crippen MR) is 72.8 cm³/mol. The number of nitrogens with one attached hydrogen (secondary N) is 1. The van der Waals surface area contributed by atoms with E-state index in [9.17, 15) is 4.79 Å². The molecular weight excluding hydrogens is 244 g/mol. The molecule has 1 fully saturated rings. The van der Waals surface area contributed by atoms with Crippen molar-refractivity contribution in [3.63, 3.8) is 0 Å². The SMILES string of the molecule is COc1ccc(N)cc1CNC(=O)C1OCCC1C. The Bertz CT molecular complexity index is 462. The van der Waals surface area contributed by atoms with Crippen molar-refractivity contribution >= 4 is 11.6 Å². The molecule has 1 amide bonds. The zero-order valence-electron chi connectivity index (χ0n) is 11.3. The van der Waals surface area contributed by atoms with Crippen LogP contribution in [0.1, 0.15) is 18.9 Å². The van der Waals surface area contributed by atoms with Crippen molar-refractivity contribution < 1.29 is 14.3 Å². The summed E-state index contributed by atoms with van der Waals surface area (Å²) in [6.45, 7) is 3.07. The molecule has 2 unspecified atom stereocenters. The Balaban J connectivity index is 1.98. The Kier molecular flexibility index (Phi) is 4.27. The first-order chi connectivity index (χ1) is 9.11. The highest BCUT2D eigenvalue weighted by atomic mass is 16.5. The van der Waals surface area contributed by atoms with Gasteiger partial charge in [0.25, 0.3) is 0 Å². The first-order valence-corrected chi connectivity index (χ1v) is 6.43. The van der Waals surface area contributed by atoms with Gasteiger partial charge in [0.05, 0.1) is 7.11 Å². The van der Waals surface area contributed by atoms with E-state index in [0.717, 1.165) is 17.7 Å². The van der Waals surface area contributed by atoms with Crippen LogP contribution < -0.4 is 15.8 Å². The summed E-state index contributed by atoms with van der Waals surface area (Å²) in [5.41, 5.74) is 7.25. The molecule has 1 aromatic rings. The molecule has 5 heteroatoms. The maximum absolute atomic E-state index is 12.0. The Labute approximate surface area is 113 Å². The van der Waals surface area contributed by atoms with Crippen molar-refractivity contribution in [1.29, 1.82) is 0 Å². The fourth-order valence-electron chi connectivity index (χ4n) is 2.25. The zero-order valence-corrected chi connectivity index (χ0v) is 11.3. The van der Waals surface area contributed by atoms with Crippen molar-refractivity contribution in [1.82, 2.24) is 5.32 Å². The Morgan fingerprint density at radius 2 is 2.37 bits per heavy atom. The Hall–Kier alpha value is -1.75. The van der Waals surface area contributed by atoms with Crippen LogP contribution in [0.25, 0.3) is 0 Å². The molecular formula is C14H20N2O3. The molecule has 1 saturated heterocycles. The topological polar surface area (TPSA) is 73.6 Å². The molecule has 3 N–H and O–H groups in total. The average Bonchev–Trinajstić information content (AvgIpc) is 2.82. The Morgan fingerprint density at radius 3 is 3.00 bits per heavy atom. The van der Waals surface area contributed by atoms with Crippen LogP contribution in [-0.2, 0) is 16.1 Å². The van der Waals surface area contributed by atoms with Crippen molar-refractivity contribution in [2.24, 2.45) is 5.92 Å². The van der Waals surface area contributed by atoms with Gasteiger partial charge in [-0.3, -0.25) is 4.79 Å². The minimum Gasteiger partial charge on any atom is -0.496 e. The maximum Gasteiger partial charge on any atom is 0.249 e. The lowest BCUT2D eigenvalue weighted by atomic mass is 10.0. The number of hydrogen-bond donors (Lipinski definition) is 2. The van der Waals surface area contributed by atoms with E-state index in [-0.39, 0.29) is 17.9 Å². The van der Waals surface area contributed by atoms with Crippen LogP contribution in [0.2, 0.25) is 0 Å². The van der Waals surface area contributed by atoms with Gasteiger partial charge in [0.1, 0.15) is 11.9 Å². The van der Waals surface area contributed by atoms with Crippen LogP contribution in [0.4, 0.5) is 5.69 Å². The van der Waals surface area contributed by atoms with Gasteiger partial charge in [0, 0.05) is 24.4 Å². The number of anilines is 1. The van der Waals surface area contributed by atoms with Gasteiger partial charge in [0.15, 0.2) is 0 Å². The quantitative estimate of drug-likeness (QED) is 0.804. The number of hydrogen-bond acceptors (Lipinski definition) is 4. The number of ether oxygens (including phenoxy) is 2. The van der Waals surface area contributed by atoms with E-state index in [2.05, 4.69) is 5.32 Å². The van der Waals surface area contributed by atoms with E-state index in [1.807, 2.05) is 6.92 Å². The van der Waals surface area contributed by atoms with E-state index >= 15 is 0 Å². The van der Waals surface area contributed by atoms with Gasteiger partial charge in [-0.15, -0.1) is 0 Å². The summed E-state index contributed by atoms with van der Waals surface area (Å²) in [7, 11) is 1.60. The second-order valence-corrected chi connectivity index (χ2v) is 4.85. The number of carbonyl (C=O) groups is 1. The molecule has 1 heterocycles. The monoisotopic (exact) mass is 264 g/mol. The second-order valence-electron chi connectivity index (χ2n) is 4.85. The van der Waals surface area contributed by atoms with Crippen LogP contribution in [0.3, 0.4) is 0 Å². The summed E-state index contributed by atoms with van der Waals surface area (Å²) in [5.74, 6) is 0.909. The average molecular weight is 264 g/mol. The molecule has 1 aromatic carbocycles. The largest absolute Gasteiger partial charge is 0.496 e. The lowest BCUT2D eigenvalue weighted by molar-refractivity contribution is -0.131. The number of nitrogen functional groups attached to an aromatic ring is 1. The minimum absolute atomic E-state index is 0.0746. The molecule has 2 atom stereocenters. The first-order valence-electron chi connectivity index (χ1n) is 6.43. The molecule has 0 saturated carbocycles. The van der Waals surface area contributed by atoms with E-state index in [0.29, 0.717) is 18.8 Å². The van der Waals surface area contributed by atoms with Crippen LogP contribution in [0, 0.1) is 5.92 Å². The molecule has 1 aliphatic rings. The number of benzene rings is 1. The number of nitrogens with two attached hydrogens (primary N) is 1. The van der Waals surface area contributed by atoms with Gasteiger partial charge in [0.2, 0.25) is 5.91 Å². The van der Waals surface area contributed by atoms with Crippen LogP contribution in [0.15, 0.2) is 18.2 Å². The molecule has 0 aliphatic carbocycles. The number of rotatable bonds is 4. The summed E-state index contributed by atoms with van der Waals surface area (Å²) in [4.78, 5) is 12.0. The summed E-state index contributed by atoms with van der Waals surface area (Å²) in [6.07, 6.45) is 0.590. The van der Waals surface area contributed by atoms with E-state index < -0.39 is 0 Å². The fourth-order valence-corrected chi connectivity index (χ4v) is 2.25. The molecule has 0 bridgehead atoms. The van der Waals surface area contributed by atoms with Crippen molar-refractivity contribution in [3.8, 4) is 5.75 Å². The maximum atomic E-state index is 12.0. The van der Waals surface area contributed by atoms with Gasteiger partial charge in [-0.1, -0.05) is 6.92 Å². The van der Waals surface area contributed by atoms with E-state index in [1.165, 1.54) is 0 Å². The highest BCUT2D eigenvalue weighted by Gasteiger charge is 2.30. The fraction of sp³-hybridized carbons (Fsp3) is 0.500. The molecule has 0 spiro atoms. The van der Waals surface area contributed by atoms with Gasteiger partial charge in [-0.25, -0.2) is 0 Å². The second kappa shape index (κ2) is 5.93. The lowest BCUT2D eigenvalue weighted by Gasteiger charge is -2.15. The predicted octanol–water partition coefficient (Wildman–Crippen LogP) is 1.32. The lowest BCUT2D eigenvalue weighted by Crippen LogP contribution is -2.36. The summed E-state index contributed by atoms with van der Waals surface area (Å²) < 4.78 is 10.7. The standard InChI is InChI=1S/C14H20N2O3/c1-9-5-6-19-13(9)14(17)16-8-10-7-11(15)3-4-12(10)18-2/h3-4,7,9,13H,5-6,8,15H2,1-2H3,(H,16,17). The van der Waals surface area contributed by atoms with Crippen LogP contribution in [-0.4, -0.2) is 25.7 Å². The molecule has 0 radical (unpaired) electrons. The molecule has 104 valence electrons. The smallest absolute Gasteiger partial charge is 0.249 e. The molecule has 0 aromatic heterocycles. The van der Waals surface area contributed by atoms with E-state index in [4.69, 9.17) is 15.2 Å². The molecule has 19 heavy (non-hydrogen) atoms. The third-order valence-corrected chi connectivity index (χ3v) is 3.40. The van der Waals surface area contributed by atoms with Gasteiger partial charge in [-0.2, -0.15) is 0 Å². The minimum atomic E-state index is -0.341. The van der Waals surface area contributed by atoms with Crippen molar-refractivity contribution in [2.45, 2.75) is 26.0 Å². The first kappa shape index (κ1) is 13.7. The molecule has 1 aliphatic heterocycles. The van der Waals surface area contributed by atoms with E-state index in [1.54, 1.807) is 25.3 Å². The summed E-state index contributed by atoms with van der Waals surface area (Å²) in [5, 5.41) is 2.87. The summed E-state index contributed by atoms with van der Waals surface area (Å²) in [6, 6.07) is 5.37. The van der Waals surface area contributed by atoms with Crippen molar-refractivity contribution in [2.75, 3.05) is 19.5 Å². The summed E-state index contributed by atoms with van der Waals surface area (Å²) >= 11 is 0. The zero-order chi connectivity index (χ0) is 13.8. The normalized spacial score (nSPS) is 22.2. The van der Waals surface area contributed by atoms with Crippen molar-refractivity contribution in [3.05, 3.63) is 23.8 Å². The van der Waals surface area contributed by atoms with Gasteiger partial charge >= 0.3 is 0 Å². The third kappa shape index (κ3) is 3.17.